The van der Waals surface area contributed by atoms with Gasteiger partial charge in [0.25, 0.3) is 5.91 Å². The summed E-state index contributed by atoms with van der Waals surface area (Å²) in [6.45, 7) is 3.13. The third-order valence-electron chi connectivity index (χ3n) is 4.27. The predicted molar refractivity (Wildman–Crippen MR) is 82.4 cm³/mol. The van der Waals surface area contributed by atoms with E-state index in [4.69, 9.17) is 5.73 Å². The van der Waals surface area contributed by atoms with Crippen molar-refractivity contribution >= 4 is 5.91 Å². The van der Waals surface area contributed by atoms with Gasteiger partial charge in [0.1, 0.15) is 5.69 Å². The van der Waals surface area contributed by atoms with Gasteiger partial charge in [0, 0.05) is 37.9 Å². The predicted octanol–water partition coefficient (Wildman–Crippen LogP) is 0.664. The lowest BCUT2D eigenvalue weighted by Gasteiger charge is -2.32. The van der Waals surface area contributed by atoms with Crippen molar-refractivity contribution in [1.82, 2.24) is 24.9 Å². The fourth-order valence-corrected chi connectivity index (χ4v) is 3.07. The first-order chi connectivity index (χ1) is 10.6. The van der Waals surface area contributed by atoms with Crippen LogP contribution >= 0.6 is 0 Å². The zero-order valence-electron chi connectivity index (χ0n) is 12.8. The summed E-state index contributed by atoms with van der Waals surface area (Å²) in [5.41, 5.74) is 7.86. The minimum absolute atomic E-state index is 0.322. The molecule has 0 aromatic carbocycles. The highest BCUT2D eigenvalue weighted by Crippen LogP contribution is 2.26. The molecule has 0 aliphatic carbocycles. The largest absolute Gasteiger partial charge is 0.364 e. The normalized spacial score (nSPS) is 19.4. The zero-order valence-corrected chi connectivity index (χ0v) is 12.8. The maximum absolute atomic E-state index is 11.1. The van der Waals surface area contributed by atoms with Gasteiger partial charge >= 0.3 is 0 Å². The van der Waals surface area contributed by atoms with E-state index in [-0.39, 0.29) is 0 Å². The van der Waals surface area contributed by atoms with Crippen molar-refractivity contribution in [2.45, 2.75) is 25.2 Å². The van der Waals surface area contributed by atoms with E-state index in [1.165, 1.54) is 5.56 Å². The first-order valence-electron chi connectivity index (χ1n) is 7.67. The van der Waals surface area contributed by atoms with Crippen LogP contribution in [0.1, 0.15) is 40.5 Å². The van der Waals surface area contributed by atoms with Crippen molar-refractivity contribution in [3.05, 3.63) is 35.4 Å². The van der Waals surface area contributed by atoms with E-state index in [0.29, 0.717) is 11.6 Å². The fraction of sp³-hybridized carbons (Fsp3) is 0.533. The molecule has 0 bridgehead atoms. The maximum atomic E-state index is 11.1. The summed E-state index contributed by atoms with van der Waals surface area (Å²) in [5, 5.41) is 11.2. The standard InChI is InChI=1S/C15H22N6O/c1-20-9-11(8-17-20)4-6-21-5-2-3-12(10-21)13-7-14(15(16)22)19-18-13/h7-9,12H,2-6,10H2,1H3,(H2,16,22)(H,18,19)/t12-/m0/s1. The van der Waals surface area contributed by atoms with E-state index in [0.717, 1.165) is 44.6 Å². The number of H-pyrrole nitrogens is 1. The van der Waals surface area contributed by atoms with Crippen LogP contribution in [0.25, 0.3) is 0 Å². The van der Waals surface area contributed by atoms with E-state index in [2.05, 4.69) is 26.4 Å². The van der Waals surface area contributed by atoms with E-state index in [1.54, 1.807) is 6.07 Å². The number of nitrogens with zero attached hydrogens (tertiary/aromatic N) is 4. The summed E-state index contributed by atoms with van der Waals surface area (Å²) >= 11 is 0. The molecule has 7 nitrogen and oxygen atoms in total. The van der Waals surface area contributed by atoms with Crippen molar-refractivity contribution in [2.75, 3.05) is 19.6 Å². The van der Waals surface area contributed by atoms with E-state index in [9.17, 15) is 4.79 Å². The molecule has 7 heteroatoms. The van der Waals surface area contributed by atoms with Crippen LogP contribution in [0.15, 0.2) is 18.5 Å². The van der Waals surface area contributed by atoms with Gasteiger partial charge in [-0.05, 0) is 37.4 Å². The van der Waals surface area contributed by atoms with Gasteiger partial charge in [-0.15, -0.1) is 0 Å². The first kappa shape index (κ1) is 14.8. The van der Waals surface area contributed by atoms with Gasteiger partial charge < -0.3 is 10.6 Å². The molecule has 1 aliphatic heterocycles. The molecule has 1 fully saturated rings. The molecule has 1 amide bonds. The number of piperidine rings is 1. The average Bonchev–Trinajstić information content (AvgIpc) is 3.14. The fourth-order valence-electron chi connectivity index (χ4n) is 3.07. The Morgan fingerprint density at radius 1 is 1.55 bits per heavy atom. The molecular weight excluding hydrogens is 280 g/mol. The Hall–Kier alpha value is -2.15. The molecule has 118 valence electrons. The van der Waals surface area contributed by atoms with Crippen LogP contribution in [-0.2, 0) is 13.5 Å². The molecule has 0 radical (unpaired) electrons. The Labute approximate surface area is 129 Å². The summed E-state index contributed by atoms with van der Waals surface area (Å²) in [6, 6.07) is 1.79. The highest BCUT2D eigenvalue weighted by atomic mass is 16.1. The van der Waals surface area contributed by atoms with Crippen LogP contribution in [0.5, 0.6) is 0 Å². The Kier molecular flexibility index (Phi) is 4.24. The average molecular weight is 302 g/mol. The Bertz CT molecular complexity index is 646. The van der Waals surface area contributed by atoms with Crippen molar-refractivity contribution < 1.29 is 4.79 Å². The summed E-state index contributed by atoms with van der Waals surface area (Å²) < 4.78 is 1.84. The van der Waals surface area contributed by atoms with Crippen LogP contribution in [0.2, 0.25) is 0 Å². The zero-order chi connectivity index (χ0) is 15.5. The number of aryl methyl sites for hydroxylation is 1. The van der Waals surface area contributed by atoms with Gasteiger partial charge in [-0.2, -0.15) is 10.2 Å². The topological polar surface area (TPSA) is 92.8 Å². The molecule has 3 N–H and O–H groups in total. The summed E-state index contributed by atoms with van der Waals surface area (Å²) in [4.78, 5) is 13.6. The maximum Gasteiger partial charge on any atom is 0.269 e. The first-order valence-corrected chi connectivity index (χ1v) is 7.67. The molecule has 1 aliphatic rings. The minimum Gasteiger partial charge on any atom is -0.364 e. The third kappa shape index (κ3) is 3.36. The Morgan fingerprint density at radius 3 is 3.09 bits per heavy atom. The van der Waals surface area contributed by atoms with Crippen LogP contribution < -0.4 is 5.73 Å². The summed E-state index contributed by atoms with van der Waals surface area (Å²) in [6.07, 6.45) is 7.27. The summed E-state index contributed by atoms with van der Waals surface area (Å²) in [5.74, 6) is -0.0880. The van der Waals surface area contributed by atoms with E-state index >= 15 is 0 Å². The number of hydrogen-bond donors (Lipinski definition) is 2. The smallest absolute Gasteiger partial charge is 0.269 e. The molecule has 2 aromatic rings. The number of hydrogen-bond acceptors (Lipinski definition) is 4. The lowest BCUT2D eigenvalue weighted by atomic mass is 9.94. The highest BCUT2D eigenvalue weighted by Gasteiger charge is 2.23. The van der Waals surface area contributed by atoms with E-state index < -0.39 is 5.91 Å². The van der Waals surface area contributed by atoms with Crippen molar-refractivity contribution in [3.63, 3.8) is 0 Å². The van der Waals surface area contributed by atoms with Gasteiger partial charge in [0.05, 0.1) is 6.20 Å². The summed E-state index contributed by atoms with van der Waals surface area (Å²) in [7, 11) is 1.94. The van der Waals surface area contributed by atoms with Gasteiger partial charge in [0.2, 0.25) is 0 Å². The SMILES string of the molecule is Cn1cc(CCN2CCC[C@H](c3cc(C(N)=O)n[nH]3)C2)cn1. The number of aromatic amines is 1. The lowest BCUT2D eigenvalue weighted by Crippen LogP contribution is -2.35. The van der Waals surface area contributed by atoms with Gasteiger partial charge in [0.15, 0.2) is 0 Å². The number of primary amides is 1. The monoisotopic (exact) mass is 302 g/mol. The second kappa shape index (κ2) is 6.31. The molecular formula is C15H22N6O. The highest BCUT2D eigenvalue weighted by molar-refractivity contribution is 5.90. The number of amides is 1. The number of carbonyl (C=O) groups excluding carboxylic acids is 1. The number of aromatic nitrogens is 4. The number of likely N-dealkylation sites (tertiary alicyclic amines) is 1. The van der Waals surface area contributed by atoms with Crippen LogP contribution in [-0.4, -0.2) is 50.4 Å². The molecule has 1 atom stereocenters. The van der Waals surface area contributed by atoms with Gasteiger partial charge in [-0.3, -0.25) is 14.6 Å². The van der Waals surface area contributed by atoms with Crippen LogP contribution in [0.4, 0.5) is 0 Å². The molecule has 3 rings (SSSR count). The molecule has 3 heterocycles. The molecule has 0 spiro atoms. The molecule has 0 unspecified atom stereocenters. The molecule has 2 aromatic heterocycles. The second-order valence-electron chi connectivity index (χ2n) is 5.98. The molecule has 22 heavy (non-hydrogen) atoms. The second-order valence-corrected chi connectivity index (χ2v) is 5.98. The number of nitrogens with one attached hydrogen (secondary N) is 1. The Balaban J connectivity index is 1.57. The number of rotatable bonds is 5. The number of carbonyl (C=O) groups is 1. The minimum atomic E-state index is -0.480. The van der Waals surface area contributed by atoms with Crippen molar-refractivity contribution in [2.24, 2.45) is 12.8 Å². The van der Waals surface area contributed by atoms with Crippen molar-refractivity contribution in [3.8, 4) is 0 Å². The van der Waals surface area contributed by atoms with Gasteiger partial charge in [-0.1, -0.05) is 0 Å². The molecule has 0 saturated carbocycles. The molecule has 1 saturated heterocycles. The van der Waals surface area contributed by atoms with Gasteiger partial charge in [-0.25, -0.2) is 0 Å². The lowest BCUT2D eigenvalue weighted by molar-refractivity contribution is 0.0995. The van der Waals surface area contributed by atoms with Crippen LogP contribution in [0.3, 0.4) is 0 Å². The van der Waals surface area contributed by atoms with Crippen molar-refractivity contribution in [1.29, 1.82) is 0 Å². The Morgan fingerprint density at radius 2 is 2.41 bits per heavy atom. The quantitative estimate of drug-likeness (QED) is 0.848. The number of nitrogens with two attached hydrogens (primary N) is 1. The third-order valence-corrected chi connectivity index (χ3v) is 4.27. The van der Waals surface area contributed by atoms with E-state index in [1.807, 2.05) is 17.9 Å². The van der Waals surface area contributed by atoms with Crippen LogP contribution in [0, 0.1) is 0 Å².